The fourth-order valence-corrected chi connectivity index (χ4v) is 4.73. The summed E-state index contributed by atoms with van der Waals surface area (Å²) in [6.45, 7) is 16.4. The average molecular weight is 459 g/mol. The van der Waals surface area contributed by atoms with Gasteiger partial charge in [0, 0.05) is 11.1 Å². The maximum Gasteiger partial charge on any atom is 0.336 e. The average Bonchev–Trinajstić information content (AvgIpc) is 2.71. The van der Waals surface area contributed by atoms with Crippen LogP contribution in [0.15, 0.2) is 48.5 Å². The Kier molecular flexibility index (Phi) is 6.49. The minimum absolute atomic E-state index is 0.0999. The number of rotatable bonds is 4. The summed E-state index contributed by atoms with van der Waals surface area (Å²) in [6.07, 6.45) is 0. The van der Waals surface area contributed by atoms with Gasteiger partial charge in [0.2, 0.25) is 0 Å². The molecule has 0 aliphatic heterocycles. The fourth-order valence-electron chi connectivity index (χ4n) is 4.73. The highest BCUT2D eigenvalue weighted by Crippen LogP contribution is 2.47. The summed E-state index contributed by atoms with van der Waals surface area (Å²) in [4.78, 5) is 25.1. The monoisotopic (exact) mass is 458 g/mol. The van der Waals surface area contributed by atoms with Gasteiger partial charge in [-0.05, 0) is 70.2 Å². The van der Waals surface area contributed by atoms with E-state index in [1.54, 1.807) is 0 Å². The Hall–Kier alpha value is -3.40. The van der Waals surface area contributed by atoms with Crippen LogP contribution in [-0.2, 0) is 10.8 Å². The molecule has 0 fully saturated rings. The van der Waals surface area contributed by atoms with E-state index < -0.39 is 11.9 Å². The van der Waals surface area contributed by atoms with Crippen LogP contribution in [0.2, 0.25) is 0 Å². The second-order valence-corrected chi connectivity index (χ2v) is 11.0. The minimum Gasteiger partial charge on any atom is -0.478 e. The highest BCUT2D eigenvalue weighted by molar-refractivity contribution is 6.09. The molecule has 0 amide bonds. The molecule has 0 unspecified atom stereocenters. The van der Waals surface area contributed by atoms with Crippen molar-refractivity contribution in [1.29, 1.82) is 0 Å². The molecule has 0 saturated carbocycles. The maximum atomic E-state index is 12.6. The largest absolute Gasteiger partial charge is 0.478 e. The van der Waals surface area contributed by atoms with E-state index in [1.165, 1.54) is 12.1 Å². The number of aryl methyl sites for hydroxylation is 2. The van der Waals surface area contributed by atoms with Crippen LogP contribution in [0.5, 0.6) is 0 Å². The molecule has 0 spiro atoms. The number of hydrogen-bond donors (Lipinski definition) is 2. The summed E-state index contributed by atoms with van der Waals surface area (Å²) >= 11 is 0. The summed E-state index contributed by atoms with van der Waals surface area (Å²) in [5.74, 6) is -2.16. The zero-order valence-corrected chi connectivity index (χ0v) is 21.3. The lowest BCUT2D eigenvalue weighted by Crippen LogP contribution is -2.18. The first kappa shape index (κ1) is 25.2. The summed E-state index contributed by atoms with van der Waals surface area (Å²) in [7, 11) is 0. The van der Waals surface area contributed by atoms with Crippen molar-refractivity contribution >= 4 is 11.9 Å². The molecule has 0 radical (unpaired) electrons. The van der Waals surface area contributed by atoms with E-state index in [1.807, 2.05) is 50.2 Å². The quantitative estimate of drug-likeness (QED) is 0.421. The standard InChI is InChI=1S/C30H34O4/c1-17-11-9-13-21(29(3,4)5)23(17)25-19(27(31)32)15-16-20(28(33)34)26(25)24-18(2)12-10-14-22(24)30(6,7)8/h9-16H,1-8H3,(H,31,32)(H,33,34). The van der Waals surface area contributed by atoms with Crippen molar-refractivity contribution in [1.82, 2.24) is 0 Å². The fraction of sp³-hybridized carbons (Fsp3) is 0.333. The van der Waals surface area contributed by atoms with Gasteiger partial charge >= 0.3 is 11.9 Å². The Bertz CT molecular complexity index is 1180. The van der Waals surface area contributed by atoms with E-state index in [2.05, 4.69) is 41.5 Å². The number of benzene rings is 3. The highest BCUT2D eigenvalue weighted by atomic mass is 16.4. The lowest BCUT2D eigenvalue weighted by atomic mass is 9.73. The summed E-state index contributed by atoms with van der Waals surface area (Å²) < 4.78 is 0. The number of hydrogen-bond acceptors (Lipinski definition) is 2. The SMILES string of the molecule is Cc1cccc(C(C)(C)C)c1-c1c(C(=O)O)ccc(C(=O)O)c1-c1c(C)cccc1C(C)(C)C. The third-order valence-corrected chi connectivity index (χ3v) is 6.33. The van der Waals surface area contributed by atoms with Crippen molar-refractivity contribution in [3.63, 3.8) is 0 Å². The van der Waals surface area contributed by atoms with Crippen LogP contribution < -0.4 is 0 Å². The van der Waals surface area contributed by atoms with Gasteiger partial charge in [-0.15, -0.1) is 0 Å². The zero-order chi connectivity index (χ0) is 25.6. The van der Waals surface area contributed by atoms with Crippen LogP contribution in [0, 0.1) is 13.8 Å². The van der Waals surface area contributed by atoms with Crippen LogP contribution in [0.25, 0.3) is 22.3 Å². The number of carboxylic acids is 2. The van der Waals surface area contributed by atoms with Gasteiger partial charge in [-0.3, -0.25) is 0 Å². The van der Waals surface area contributed by atoms with Gasteiger partial charge < -0.3 is 10.2 Å². The third kappa shape index (κ3) is 4.50. The second kappa shape index (κ2) is 8.75. The number of carbonyl (C=O) groups is 2. The molecule has 0 aliphatic carbocycles. The van der Waals surface area contributed by atoms with Gasteiger partial charge in [-0.25, -0.2) is 9.59 Å². The molecule has 4 nitrogen and oxygen atoms in total. The van der Waals surface area contributed by atoms with Crippen molar-refractivity contribution in [2.24, 2.45) is 0 Å². The van der Waals surface area contributed by atoms with E-state index >= 15 is 0 Å². The Morgan fingerprint density at radius 1 is 0.559 bits per heavy atom. The molecular formula is C30H34O4. The Labute approximate surface area is 202 Å². The lowest BCUT2D eigenvalue weighted by Gasteiger charge is -2.30. The van der Waals surface area contributed by atoms with Gasteiger partial charge in [0.15, 0.2) is 0 Å². The highest BCUT2D eigenvalue weighted by Gasteiger charge is 2.31. The lowest BCUT2D eigenvalue weighted by molar-refractivity contribution is 0.0682. The molecule has 0 saturated heterocycles. The molecule has 0 aromatic heterocycles. The van der Waals surface area contributed by atoms with Crippen LogP contribution in [-0.4, -0.2) is 22.2 Å². The topological polar surface area (TPSA) is 74.6 Å². The summed E-state index contributed by atoms with van der Waals surface area (Å²) in [5, 5.41) is 20.5. The molecule has 0 aliphatic rings. The molecule has 3 aromatic rings. The van der Waals surface area contributed by atoms with Crippen LogP contribution in [0.4, 0.5) is 0 Å². The summed E-state index contributed by atoms with van der Waals surface area (Å²) in [5.41, 5.74) is 5.90. The summed E-state index contributed by atoms with van der Waals surface area (Å²) in [6, 6.07) is 14.7. The molecule has 34 heavy (non-hydrogen) atoms. The van der Waals surface area contributed by atoms with Gasteiger partial charge in [0.05, 0.1) is 11.1 Å². The van der Waals surface area contributed by atoms with Crippen molar-refractivity contribution in [3.05, 3.63) is 81.9 Å². The van der Waals surface area contributed by atoms with Crippen LogP contribution in [0.3, 0.4) is 0 Å². The minimum atomic E-state index is -1.08. The Balaban J connectivity index is 2.71. The third-order valence-electron chi connectivity index (χ3n) is 6.33. The van der Waals surface area contributed by atoms with E-state index in [0.717, 1.165) is 33.4 Å². The molecule has 0 bridgehead atoms. The van der Waals surface area contributed by atoms with Crippen LogP contribution >= 0.6 is 0 Å². The molecule has 2 N–H and O–H groups in total. The number of carboxylic acid groups (broad SMARTS) is 2. The molecule has 178 valence electrons. The van der Waals surface area contributed by atoms with E-state index in [9.17, 15) is 19.8 Å². The van der Waals surface area contributed by atoms with Crippen molar-refractivity contribution in [2.45, 2.75) is 66.2 Å². The Morgan fingerprint density at radius 2 is 0.882 bits per heavy atom. The molecular weight excluding hydrogens is 424 g/mol. The first-order valence-electron chi connectivity index (χ1n) is 11.5. The predicted molar refractivity (Wildman–Crippen MR) is 138 cm³/mol. The molecule has 4 heteroatoms. The maximum absolute atomic E-state index is 12.6. The first-order chi connectivity index (χ1) is 15.7. The molecule has 3 rings (SSSR count). The van der Waals surface area contributed by atoms with E-state index in [4.69, 9.17) is 0 Å². The van der Waals surface area contributed by atoms with Gasteiger partial charge in [0.25, 0.3) is 0 Å². The van der Waals surface area contributed by atoms with Crippen molar-refractivity contribution in [2.75, 3.05) is 0 Å². The normalized spacial score (nSPS) is 12.0. The molecule has 0 atom stereocenters. The van der Waals surface area contributed by atoms with Gasteiger partial charge in [0.1, 0.15) is 0 Å². The number of aromatic carboxylic acids is 2. The first-order valence-corrected chi connectivity index (χ1v) is 11.5. The van der Waals surface area contributed by atoms with Gasteiger partial charge in [-0.2, -0.15) is 0 Å². The van der Waals surface area contributed by atoms with Crippen molar-refractivity contribution in [3.8, 4) is 22.3 Å². The van der Waals surface area contributed by atoms with Crippen molar-refractivity contribution < 1.29 is 19.8 Å². The molecule has 0 heterocycles. The van der Waals surface area contributed by atoms with E-state index in [-0.39, 0.29) is 22.0 Å². The van der Waals surface area contributed by atoms with E-state index in [0.29, 0.717) is 11.1 Å². The smallest absolute Gasteiger partial charge is 0.336 e. The zero-order valence-electron chi connectivity index (χ0n) is 21.3. The predicted octanol–water partition coefficient (Wildman–Crippen LogP) is 7.63. The Morgan fingerprint density at radius 3 is 1.15 bits per heavy atom. The molecule has 3 aromatic carbocycles. The second-order valence-electron chi connectivity index (χ2n) is 11.0. The van der Waals surface area contributed by atoms with Gasteiger partial charge in [-0.1, -0.05) is 77.9 Å². The van der Waals surface area contributed by atoms with Crippen LogP contribution in [0.1, 0.15) is 84.5 Å².